The van der Waals surface area contributed by atoms with Gasteiger partial charge >= 0.3 is 5.97 Å². The second-order valence-electron chi connectivity index (χ2n) is 4.35. The predicted octanol–water partition coefficient (Wildman–Crippen LogP) is 2.13. The van der Waals surface area contributed by atoms with E-state index in [1.165, 1.54) is 32.8 Å². The second kappa shape index (κ2) is 4.41. The Kier molecular flexibility index (Phi) is 3.52. The van der Waals surface area contributed by atoms with Crippen molar-refractivity contribution in [1.29, 1.82) is 0 Å². The Morgan fingerprint density at radius 3 is 2.24 bits per heavy atom. The number of halogens is 2. The Hall–Kier alpha value is -1.49. The predicted molar refractivity (Wildman–Crippen MR) is 59.8 cm³/mol. The van der Waals surface area contributed by atoms with Crippen molar-refractivity contribution in [3.05, 3.63) is 34.9 Å². The van der Waals surface area contributed by atoms with Gasteiger partial charge in [-0.3, -0.25) is 4.90 Å². The van der Waals surface area contributed by atoms with E-state index in [0.29, 0.717) is 0 Å². The molecule has 0 saturated heterocycles. The van der Waals surface area contributed by atoms with Gasteiger partial charge in [-0.1, -0.05) is 0 Å². The highest BCUT2D eigenvalue weighted by Gasteiger charge is 2.40. The molecule has 0 bridgehead atoms. The molecule has 0 heterocycles. The molecule has 94 valence electrons. The molecule has 17 heavy (non-hydrogen) atoms. The average Bonchev–Trinajstić information content (AvgIpc) is 2.21. The summed E-state index contributed by atoms with van der Waals surface area (Å²) in [5.41, 5.74) is -1.63. The number of hydrogen-bond acceptors (Lipinski definition) is 2. The van der Waals surface area contributed by atoms with Crippen molar-refractivity contribution in [3.63, 3.8) is 0 Å². The number of benzene rings is 1. The molecule has 1 atom stereocenters. The van der Waals surface area contributed by atoms with Gasteiger partial charge in [0.15, 0.2) is 0 Å². The third kappa shape index (κ3) is 2.15. The first kappa shape index (κ1) is 13.6. The standard InChI is InChI=1S/C12H15F2NO2/c1-7-5-10(14)8(6-9(7)13)12(2,11(16)17)15(3)4/h5-6H,1-4H3,(H,16,17). The van der Waals surface area contributed by atoms with Crippen LogP contribution in [0.1, 0.15) is 18.1 Å². The Balaban J connectivity index is 3.50. The van der Waals surface area contributed by atoms with Crippen LogP contribution < -0.4 is 0 Å². The van der Waals surface area contributed by atoms with Gasteiger partial charge in [0.2, 0.25) is 0 Å². The number of aryl methyl sites for hydroxylation is 1. The number of hydrogen-bond donors (Lipinski definition) is 1. The highest BCUT2D eigenvalue weighted by molar-refractivity contribution is 5.80. The zero-order chi connectivity index (χ0) is 13.4. The van der Waals surface area contributed by atoms with Crippen LogP contribution in [0, 0.1) is 18.6 Å². The number of rotatable bonds is 3. The minimum Gasteiger partial charge on any atom is -0.480 e. The van der Waals surface area contributed by atoms with Crippen molar-refractivity contribution in [2.75, 3.05) is 14.1 Å². The van der Waals surface area contributed by atoms with E-state index < -0.39 is 23.1 Å². The number of likely N-dealkylation sites (N-methyl/N-ethyl adjacent to an activating group) is 1. The van der Waals surface area contributed by atoms with Crippen LogP contribution in [-0.4, -0.2) is 30.1 Å². The molecule has 1 unspecified atom stereocenters. The summed E-state index contributed by atoms with van der Waals surface area (Å²) in [7, 11) is 3.01. The smallest absolute Gasteiger partial charge is 0.328 e. The summed E-state index contributed by atoms with van der Waals surface area (Å²) >= 11 is 0. The molecular weight excluding hydrogens is 228 g/mol. The SMILES string of the molecule is Cc1cc(F)c(C(C)(C(=O)O)N(C)C)cc1F. The Morgan fingerprint density at radius 1 is 1.29 bits per heavy atom. The zero-order valence-electron chi connectivity index (χ0n) is 10.2. The molecule has 3 nitrogen and oxygen atoms in total. The Morgan fingerprint density at radius 2 is 1.82 bits per heavy atom. The van der Waals surface area contributed by atoms with E-state index in [2.05, 4.69) is 0 Å². The second-order valence-corrected chi connectivity index (χ2v) is 4.35. The van der Waals surface area contributed by atoms with Crippen LogP contribution in [-0.2, 0) is 10.3 Å². The average molecular weight is 243 g/mol. The highest BCUT2D eigenvalue weighted by atomic mass is 19.1. The zero-order valence-corrected chi connectivity index (χ0v) is 10.2. The largest absolute Gasteiger partial charge is 0.480 e. The van der Waals surface area contributed by atoms with Gasteiger partial charge in [0, 0.05) is 5.56 Å². The van der Waals surface area contributed by atoms with E-state index in [1.807, 2.05) is 0 Å². The molecule has 0 fully saturated rings. The Labute approximate surface area is 98.7 Å². The lowest BCUT2D eigenvalue weighted by molar-refractivity contribution is -0.149. The maximum absolute atomic E-state index is 13.8. The van der Waals surface area contributed by atoms with E-state index in [1.54, 1.807) is 0 Å². The summed E-state index contributed by atoms with van der Waals surface area (Å²) < 4.78 is 27.2. The lowest BCUT2D eigenvalue weighted by Gasteiger charge is -2.32. The summed E-state index contributed by atoms with van der Waals surface area (Å²) in [6, 6.07) is 1.95. The number of carboxylic acid groups (broad SMARTS) is 1. The molecule has 0 aliphatic heterocycles. The third-order valence-electron chi connectivity index (χ3n) is 3.08. The monoisotopic (exact) mass is 243 g/mol. The maximum Gasteiger partial charge on any atom is 0.328 e. The fourth-order valence-electron chi connectivity index (χ4n) is 1.57. The van der Waals surface area contributed by atoms with Crippen LogP contribution in [0.25, 0.3) is 0 Å². The van der Waals surface area contributed by atoms with Crippen LogP contribution in [0.2, 0.25) is 0 Å². The van der Waals surface area contributed by atoms with Gasteiger partial charge in [-0.05, 0) is 45.6 Å². The lowest BCUT2D eigenvalue weighted by atomic mass is 9.89. The van der Waals surface area contributed by atoms with Crippen LogP contribution in [0.4, 0.5) is 8.78 Å². The van der Waals surface area contributed by atoms with Crippen LogP contribution in [0.5, 0.6) is 0 Å². The molecule has 1 rings (SSSR count). The van der Waals surface area contributed by atoms with Gasteiger partial charge < -0.3 is 5.11 Å². The van der Waals surface area contributed by atoms with E-state index >= 15 is 0 Å². The van der Waals surface area contributed by atoms with Crippen molar-refractivity contribution >= 4 is 5.97 Å². The first-order valence-corrected chi connectivity index (χ1v) is 5.08. The number of aliphatic carboxylic acids is 1. The van der Waals surface area contributed by atoms with Gasteiger partial charge in [-0.25, -0.2) is 13.6 Å². The van der Waals surface area contributed by atoms with Gasteiger partial charge in [0.05, 0.1) is 0 Å². The topological polar surface area (TPSA) is 40.5 Å². The molecule has 1 N–H and O–H groups in total. The summed E-state index contributed by atoms with van der Waals surface area (Å²) in [5, 5.41) is 9.21. The van der Waals surface area contributed by atoms with Crippen molar-refractivity contribution in [2.24, 2.45) is 0 Å². The third-order valence-corrected chi connectivity index (χ3v) is 3.08. The maximum atomic E-state index is 13.8. The van der Waals surface area contributed by atoms with E-state index in [-0.39, 0.29) is 11.1 Å². The molecule has 0 radical (unpaired) electrons. The van der Waals surface area contributed by atoms with E-state index in [4.69, 9.17) is 0 Å². The summed E-state index contributed by atoms with van der Waals surface area (Å²) in [6.07, 6.45) is 0. The van der Waals surface area contributed by atoms with Crippen LogP contribution >= 0.6 is 0 Å². The van der Waals surface area contributed by atoms with Gasteiger partial charge in [-0.15, -0.1) is 0 Å². The highest BCUT2D eigenvalue weighted by Crippen LogP contribution is 2.30. The van der Waals surface area contributed by atoms with Gasteiger partial charge in [0.1, 0.15) is 17.2 Å². The van der Waals surface area contributed by atoms with Crippen LogP contribution in [0.15, 0.2) is 12.1 Å². The summed E-state index contributed by atoms with van der Waals surface area (Å²) in [4.78, 5) is 12.6. The van der Waals surface area contributed by atoms with Gasteiger partial charge in [0.25, 0.3) is 0 Å². The molecule has 0 aliphatic rings. The summed E-state index contributed by atoms with van der Waals surface area (Å²) in [6.45, 7) is 2.76. The fraction of sp³-hybridized carbons (Fsp3) is 0.417. The number of nitrogens with zero attached hydrogens (tertiary/aromatic N) is 1. The summed E-state index contributed by atoms with van der Waals surface area (Å²) in [5.74, 6) is -2.57. The van der Waals surface area contributed by atoms with Crippen molar-refractivity contribution in [2.45, 2.75) is 19.4 Å². The molecule has 0 saturated carbocycles. The molecule has 5 heteroatoms. The normalized spacial score (nSPS) is 14.8. The number of carboxylic acids is 1. The Bertz CT molecular complexity index is 460. The molecule has 0 spiro atoms. The molecule has 0 aliphatic carbocycles. The van der Waals surface area contributed by atoms with Crippen molar-refractivity contribution in [3.8, 4) is 0 Å². The van der Waals surface area contributed by atoms with Crippen LogP contribution in [0.3, 0.4) is 0 Å². The van der Waals surface area contributed by atoms with E-state index in [9.17, 15) is 18.7 Å². The molecule has 0 amide bonds. The van der Waals surface area contributed by atoms with Crippen molar-refractivity contribution in [1.82, 2.24) is 4.90 Å². The van der Waals surface area contributed by atoms with E-state index in [0.717, 1.165) is 12.1 Å². The molecule has 0 aromatic heterocycles. The molecule has 1 aromatic rings. The minimum absolute atomic E-state index is 0.151. The first-order valence-electron chi connectivity index (χ1n) is 5.08. The minimum atomic E-state index is -1.60. The fourth-order valence-corrected chi connectivity index (χ4v) is 1.57. The molecule has 1 aromatic carbocycles. The lowest BCUT2D eigenvalue weighted by Crippen LogP contribution is -2.46. The quantitative estimate of drug-likeness (QED) is 0.884. The van der Waals surface area contributed by atoms with Gasteiger partial charge in [-0.2, -0.15) is 0 Å². The van der Waals surface area contributed by atoms with Crippen molar-refractivity contribution < 1.29 is 18.7 Å². The first-order chi connectivity index (χ1) is 7.71. The number of carbonyl (C=O) groups is 1. The molecular formula is C12H15F2NO2.